The number of allylic oxidation sites excluding steroid dienone is 1. The lowest BCUT2D eigenvalue weighted by Crippen LogP contribution is -2.10. The normalized spacial score (nSPS) is 17.6. The van der Waals surface area contributed by atoms with Gasteiger partial charge in [0.1, 0.15) is 17.5 Å². The molecule has 3 heterocycles. The smallest absolute Gasteiger partial charge is 0.228 e. The zero-order chi connectivity index (χ0) is 20.8. The first-order valence-electron chi connectivity index (χ1n) is 9.53. The number of nitrogens with zero attached hydrogens (tertiary/aromatic N) is 3. The second-order valence-corrected chi connectivity index (χ2v) is 8.32. The van der Waals surface area contributed by atoms with E-state index in [1.165, 1.54) is 6.07 Å². The van der Waals surface area contributed by atoms with Gasteiger partial charge in [-0.15, -0.1) is 0 Å². The quantitative estimate of drug-likeness (QED) is 0.517. The topological polar surface area (TPSA) is 83.4 Å². The summed E-state index contributed by atoms with van der Waals surface area (Å²) in [5, 5.41) is 13.7. The Labute approximate surface area is 180 Å². The zero-order valence-corrected chi connectivity index (χ0v) is 17.5. The van der Waals surface area contributed by atoms with Crippen LogP contribution >= 0.6 is 15.9 Å². The minimum atomic E-state index is -0.376. The summed E-state index contributed by atoms with van der Waals surface area (Å²) >= 11 is 3.37. The molecular formula is C21H18BrFN6O. The van der Waals surface area contributed by atoms with Crippen molar-refractivity contribution in [3.63, 3.8) is 0 Å². The lowest BCUT2D eigenvalue weighted by Gasteiger charge is -2.12. The average molecular weight is 469 g/mol. The van der Waals surface area contributed by atoms with E-state index in [0.29, 0.717) is 28.9 Å². The molecular weight excluding hydrogens is 451 g/mol. The number of carbonyl (C=O) groups is 1. The maximum Gasteiger partial charge on any atom is 0.228 e. The van der Waals surface area contributed by atoms with Gasteiger partial charge in [-0.05, 0) is 42.7 Å². The van der Waals surface area contributed by atoms with Crippen LogP contribution < -0.4 is 16.0 Å². The van der Waals surface area contributed by atoms with E-state index in [9.17, 15) is 9.18 Å². The SMILES string of the molecule is C=C1NC(=O)C/C1=C\c1cnn2c(NC3CC3)cc(Nc3cc(Br)ccc3F)nc12. The average Bonchev–Trinajstić information content (AvgIpc) is 3.34. The van der Waals surface area contributed by atoms with Crippen molar-refractivity contribution in [1.29, 1.82) is 0 Å². The molecule has 2 aliphatic rings. The first-order valence-corrected chi connectivity index (χ1v) is 10.3. The minimum absolute atomic E-state index is 0.0840. The van der Waals surface area contributed by atoms with Gasteiger partial charge in [0.2, 0.25) is 5.91 Å². The number of rotatable bonds is 5. The highest BCUT2D eigenvalue weighted by Gasteiger charge is 2.24. The molecule has 1 aliphatic heterocycles. The Balaban J connectivity index is 1.59. The number of nitrogens with one attached hydrogen (secondary N) is 3. The summed E-state index contributed by atoms with van der Waals surface area (Å²) in [5.41, 5.74) is 3.04. The summed E-state index contributed by atoms with van der Waals surface area (Å²) < 4.78 is 16.7. The first kappa shape index (κ1) is 18.8. The number of benzene rings is 1. The van der Waals surface area contributed by atoms with E-state index < -0.39 is 0 Å². The number of amides is 1. The molecule has 1 amide bonds. The molecule has 152 valence electrons. The third kappa shape index (κ3) is 3.68. The van der Waals surface area contributed by atoms with Crippen molar-refractivity contribution < 1.29 is 9.18 Å². The molecule has 1 saturated carbocycles. The van der Waals surface area contributed by atoms with E-state index in [2.05, 4.69) is 48.5 Å². The first-order chi connectivity index (χ1) is 14.5. The maximum atomic E-state index is 14.3. The maximum absolute atomic E-state index is 14.3. The summed E-state index contributed by atoms with van der Waals surface area (Å²) in [6.45, 7) is 3.88. The standard InChI is InChI=1S/C21H18BrFN6O/c1-11-12(7-20(30)25-11)6-13-10-24-29-19(26-15-3-4-15)9-18(28-21(13)29)27-17-8-14(22)2-5-16(17)23/h2,5-6,8-10,15,26H,1,3-4,7H2,(H,25,30)(H,27,28)/b12-6+. The number of halogens is 2. The molecule has 1 aliphatic carbocycles. The van der Waals surface area contributed by atoms with Gasteiger partial charge in [-0.2, -0.15) is 9.61 Å². The van der Waals surface area contributed by atoms with Crippen LogP contribution in [-0.4, -0.2) is 26.5 Å². The van der Waals surface area contributed by atoms with Gasteiger partial charge in [-0.3, -0.25) is 4.79 Å². The fraction of sp³-hybridized carbons (Fsp3) is 0.190. The second kappa shape index (κ2) is 7.24. The summed E-state index contributed by atoms with van der Waals surface area (Å²) in [7, 11) is 0. The number of hydrogen-bond acceptors (Lipinski definition) is 5. The number of carbonyl (C=O) groups excluding carboxylic acids is 1. The summed E-state index contributed by atoms with van der Waals surface area (Å²) in [5.74, 6) is 0.797. The van der Waals surface area contributed by atoms with E-state index in [1.54, 1.807) is 22.8 Å². The van der Waals surface area contributed by atoms with Crippen LogP contribution in [0, 0.1) is 5.82 Å². The largest absolute Gasteiger partial charge is 0.367 e. The Kier molecular flexibility index (Phi) is 4.54. The molecule has 0 spiro atoms. The molecule has 0 bridgehead atoms. The predicted molar refractivity (Wildman–Crippen MR) is 117 cm³/mol. The van der Waals surface area contributed by atoms with Crippen LogP contribution in [0.25, 0.3) is 11.7 Å². The van der Waals surface area contributed by atoms with Crippen LogP contribution in [0.4, 0.5) is 21.7 Å². The molecule has 0 radical (unpaired) electrons. The fourth-order valence-electron chi connectivity index (χ4n) is 3.31. The molecule has 2 aromatic heterocycles. The van der Waals surface area contributed by atoms with Crippen LogP contribution in [0.3, 0.4) is 0 Å². The Morgan fingerprint density at radius 1 is 1.33 bits per heavy atom. The molecule has 3 aromatic rings. The summed E-state index contributed by atoms with van der Waals surface area (Å²) in [6, 6.07) is 6.90. The summed E-state index contributed by atoms with van der Waals surface area (Å²) in [4.78, 5) is 16.3. The number of hydrogen-bond donors (Lipinski definition) is 3. The lowest BCUT2D eigenvalue weighted by atomic mass is 10.1. The number of aromatic nitrogens is 3. The van der Waals surface area contributed by atoms with E-state index in [0.717, 1.165) is 34.3 Å². The molecule has 0 unspecified atom stereocenters. The molecule has 1 aromatic carbocycles. The Hall–Kier alpha value is -3.20. The Morgan fingerprint density at radius 3 is 2.90 bits per heavy atom. The molecule has 1 saturated heterocycles. The van der Waals surface area contributed by atoms with Crippen molar-refractivity contribution in [2.45, 2.75) is 25.3 Å². The number of anilines is 3. The molecule has 5 rings (SSSR count). The Bertz CT molecular complexity index is 1230. The van der Waals surface area contributed by atoms with Gasteiger partial charge in [-0.25, -0.2) is 9.37 Å². The van der Waals surface area contributed by atoms with Gasteiger partial charge < -0.3 is 16.0 Å². The van der Waals surface area contributed by atoms with Crippen molar-refractivity contribution in [2.24, 2.45) is 0 Å². The van der Waals surface area contributed by atoms with Gasteiger partial charge in [-0.1, -0.05) is 22.5 Å². The fourth-order valence-corrected chi connectivity index (χ4v) is 3.68. The van der Waals surface area contributed by atoms with Gasteiger partial charge >= 0.3 is 0 Å². The van der Waals surface area contributed by atoms with Gasteiger partial charge in [0, 0.05) is 27.8 Å². The van der Waals surface area contributed by atoms with Crippen LogP contribution in [0.5, 0.6) is 0 Å². The van der Waals surface area contributed by atoms with Gasteiger partial charge in [0.15, 0.2) is 5.65 Å². The van der Waals surface area contributed by atoms with Crippen molar-refractivity contribution in [3.8, 4) is 0 Å². The van der Waals surface area contributed by atoms with Crippen molar-refractivity contribution >= 4 is 50.9 Å². The highest BCUT2D eigenvalue weighted by Crippen LogP contribution is 2.30. The van der Waals surface area contributed by atoms with E-state index in [1.807, 2.05) is 12.1 Å². The number of fused-ring (bicyclic) bond motifs is 1. The molecule has 2 fully saturated rings. The highest BCUT2D eigenvalue weighted by molar-refractivity contribution is 9.10. The van der Waals surface area contributed by atoms with E-state index in [4.69, 9.17) is 0 Å². The highest BCUT2D eigenvalue weighted by atomic mass is 79.9. The Morgan fingerprint density at radius 2 is 2.17 bits per heavy atom. The van der Waals surface area contributed by atoms with Crippen molar-refractivity contribution in [1.82, 2.24) is 19.9 Å². The third-order valence-electron chi connectivity index (χ3n) is 4.98. The van der Waals surface area contributed by atoms with Crippen molar-refractivity contribution in [3.05, 3.63) is 64.2 Å². The lowest BCUT2D eigenvalue weighted by molar-refractivity contribution is -0.118. The van der Waals surface area contributed by atoms with Gasteiger partial charge in [0.05, 0.1) is 18.3 Å². The predicted octanol–water partition coefficient (Wildman–Crippen LogP) is 4.37. The van der Waals surface area contributed by atoms with E-state index in [-0.39, 0.29) is 18.1 Å². The van der Waals surface area contributed by atoms with Gasteiger partial charge in [0.25, 0.3) is 0 Å². The van der Waals surface area contributed by atoms with E-state index >= 15 is 0 Å². The van der Waals surface area contributed by atoms with Crippen LogP contribution in [0.2, 0.25) is 0 Å². The molecule has 9 heteroatoms. The van der Waals surface area contributed by atoms with Crippen LogP contribution in [0.15, 0.2) is 52.8 Å². The molecule has 3 N–H and O–H groups in total. The zero-order valence-electron chi connectivity index (χ0n) is 15.9. The monoisotopic (exact) mass is 468 g/mol. The third-order valence-corrected chi connectivity index (χ3v) is 5.47. The summed E-state index contributed by atoms with van der Waals surface area (Å²) in [6.07, 6.45) is 6.02. The molecule has 0 atom stereocenters. The second-order valence-electron chi connectivity index (χ2n) is 7.40. The molecule has 30 heavy (non-hydrogen) atoms. The van der Waals surface area contributed by atoms with Crippen LogP contribution in [0.1, 0.15) is 24.8 Å². The minimum Gasteiger partial charge on any atom is -0.367 e. The van der Waals surface area contributed by atoms with Crippen molar-refractivity contribution in [2.75, 3.05) is 10.6 Å². The van der Waals surface area contributed by atoms with Crippen LogP contribution in [-0.2, 0) is 4.79 Å². The molecule has 7 nitrogen and oxygen atoms in total.